The molecule has 1 unspecified atom stereocenters. The molecule has 1 heterocycles. The predicted molar refractivity (Wildman–Crippen MR) is 92.2 cm³/mol. The number of rotatable bonds is 7. The van der Waals surface area contributed by atoms with Gasteiger partial charge in [0.05, 0.1) is 6.54 Å². The lowest BCUT2D eigenvalue weighted by molar-refractivity contribution is 0.232. The normalized spacial score (nSPS) is 12.1. The molecule has 1 atom stereocenters. The Morgan fingerprint density at radius 2 is 1.95 bits per heavy atom. The molecule has 1 aromatic heterocycles. The van der Waals surface area contributed by atoms with E-state index in [4.69, 9.17) is 0 Å². The fourth-order valence-electron chi connectivity index (χ4n) is 2.32. The average molecular weight is 317 g/mol. The molecule has 0 saturated carbocycles. The highest BCUT2D eigenvalue weighted by atomic mass is 32.1. The van der Waals surface area contributed by atoms with E-state index in [1.54, 1.807) is 11.3 Å². The van der Waals surface area contributed by atoms with Crippen LogP contribution in [0.3, 0.4) is 0 Å². The number of nitrogens with zero attached hydrogens (tertiary/aromatic N) is 1. The third-order valence-corrected chi connectivity index (χ3v) is 4.13. The lowest BCUT2D eigenvalue weighted by atomic mass is 10.1. The number of nitrogens with one attached hydrogen (secondary N) is 2. The highest BCUT2D eigenvalue weighted by Gasteiger charge is 2.14. The first-order valence-corrected chi connectivity index (χ1v) is 8.27. The highest BCUT2D eigenvalue weighted by Crippen LogP contribution is 2.07. The Labute approximate surface area is 136 Å². The molecule has 0 bridgehead atoms. The van der Waals surface area contributed by atoms with E-state index in [1.165, 1.54) is 5.56 Å². The topological polar surface area (TPSA) is 44.4 Å². The molecule has 2 rings (SSSR count). The number of hydrogen-bond donors (Lipinski definition) is 2. The fraction of sp³-hybridized carbons (Fsp3) is 0.353. The quantitative estimate of drug-likeness (QED) is 0.825. The summed E-state index contributed by atoms with van der Waals surface area (Å²) < 4.78 is 0. The summed E-state index contributed by atoms with van der Waals surface area (Å²) in [6.45, 7) is 1.38. The van der Waals surface area contributed by atoms with Crippen LogP contribution in [0, 0.1) is 0 Å². The SMILES string of the molecule is CN(C)CC(Cc1ccccc1)NC(=O)NCc1cccs1. The zero-order valence-electron chi connectivity index (χ0n) is 13.1. The Kier molecular flexibility index (Phi) is 6.43. The number of amides is 2. The Morgan fingerprint density at radius 3 is 2.59 bits per heavy atom. The number of benzene rings is 1. The fourth-order valence-corrected chi connectivity index (χ4v) is 2.96. The van der Waals surface area contributed by atoms with Crippen LogP contribution in [0.25, 0.3) is 0 Å². The zero-order chi connectivity index (χ0) is 15.8. The van der Waals surface area contributed by atoms with Crippen molar-refractivity contribution in [3.8, 4) is 0 Å². The molecule has 0 aliphatic heterocycles. The van der Waals surface area contributed by atoms with Crippen LogP contribution in [0.2, 0.25) is 0 Å². The van der Waals surface area contributed by atoms with Crippen molar-refractivity contribution >= 4 is 17.4 Å². The Balaban J connectivity index is 1.86. The summed E-state index contributed by atoms with van der Waals surface area (Å²) in [4.78, 5) is 15.3. The van der Waals surface area contributed by atoms with Gasteiger partial charge in [0.2, 0.25) is 0 Å². The molecule has 1 aromatic carbocycles. The summed E-state index contributed by atoms with van der Waals surface area (Å²) in [6, 6.07) is 14.2. The highest BCUT2D eigenvalue weighted by molar-refractivity contribution is 7.09. The maximum absolute atomic E-state index is 12.1. The van der Waals surface area contributed by atoms with E-state index in [0.29, 0.717) is 6.54 Å². The Morgan fingerprint density at radius 1 is 1.18 bits per heavy atom. The number of urea groups is 1. The van der Waals surface area contributed by atoms with Crippen molar-refractivity contribution in [2.45, 2.75) is 19.0 Å². The van der Waals surface area contributed by atoms with E-state index in [2.05, 4.69) is 27.7 Å². The second kappa shape index (κ2) is 8.56. The molecule has 2 amide bonds. The Bertz CT molecular complexity index is 555. The summed E-state index contributed by atoms with van der Waals surface area (Å²) in [7, 11) is 4.03. The van der Waals surface area contributed by atoms with Gasteiger partial charge in [-0.1, -0.05) is 36.4 Å². The van der Waals surface area contributed by atoms with E-state index >= 15 is 0 Å². The van der Waals surface area contributed by atoms with Gasteiger partial charge in [-0.15, -0.1) is 11.3 Å². The number of thiophene rings is 1. The molecule has 118 valence electrons. The van der Waals surface area contributed by atoms with Crippen LogP contribution in [-0.2, 0) is 13.0 Å². The Hall–Kier alpha value is -1.85. The number of likely N-dealkylation sites (N-methyl/N-ethyl adjacent to an activating group) is 1. The van der Waals surface area contributed by atoms with E-state index in [0.717, 1.165) is 17.8 Å². The van der Waals surface area contributed by atoms with Gasteiger partial charge in [-0.2, -0.15) is 0 Å². The maximum Gasteiger partial charge on any atom is 0.315 e. The first-order chi connectivity index (χ1) is 10.6. The van der Waals surface area contributed by atoms with Crippen LogP contribution in [0.4, 0.5) is 4.79 Å². The zero-order valence-corrected chi connectivity index (χ0v) is 13.9. The molecule has 2 aromatic rings. The van der Waals surface area contributed by atoms with Gasteiger partial charge in [0.15, 0.2) is 0 Å². The first kappa shape index (κ1) is 16.5. The molecule has 0 aliphatic carbocycles. The van der Waals surface area contributed by atoms with Crippen LogP contribution in [0.15, 0.2) is 47.8 Å². The minimum absolute atomic E-state index is 0.0840. The maximum atomic E-state index is 12.1. The molecule has 2 N–H and O–H groups in total. The van der Waals surface area contributed by atoms with E-state index in [9.17, 15) is 4.79 Å². The molecule has 4 nitrogen and oxygen atoms in total. The third-order valence-electron chi connectivity index (χ3n) is 3.25. The molecule has 0 spiro atoms. The average Bonchev–Trinajstić information content (AvgIpc) is 2.99. The molecule has 0 aliphatic rings. The van der Waals surface area contributed by atoms with Gasteiger partial charge in [-0.25, -0.2) is 4.79 Å². The van der Waals surface area contributed by atoms with Gasteiger partial charge < -0.3 is 15.5 Å². The lowest BCUT2D eigenvalue weighted by Crippen LogP contribution is -2.47. The minimum Gasteiger partial charge on any atom is -0.334 e. The van der Waals surface area contributed by atoms with E-state index in [1.807, 2.05) is 49.8 Å². The van der Waals surface area contributed by atoms with Crippen molar-refractivity contribution in [1.82, 2.24) is 15.5 Å². The second-order valence-corrected chi connectivity index (χ2v) is 6.59. The van der Waals surface area contributed by atoms with Crippen LogP contribution in [-0.4, -0.2) is 37.6 Å². The van der Waals surface area contributed by atoms with Crippen LogP contribution < -0.4 is 10.6 Å². The summed E-state index contributed by atoms with van der Waals surface area (Å²) in [6.07, 6.45) is 0.825. The monoisotopic (exact) mass is 317 g/mol. The minimum atomic E-state index is -0.115. The molecule has 0 saturated heterocycles. The smallest absolute Gasteiger partial charge is 0.315 e. The lowest BCUT2D eigenvalue weighted by Gasteiger charge is -2.22. The molecule has 0 fully saturated rings. The van der Waals surface area contributed by atoms with Gasteiger partial charge in [-0.3, -0.25) is 0 Å². The van der Waals surface area contributed by atoms with Crippen LogP contribution in [0.5, 0.6) is 0 Å². The standard InChI is InChI=1S/C17H23N3OS/c1-20(2)13-15(11-14-7-4-3-5-8-14)19-17(21)18-12-16-9-6-10-22-16/h3-10,15H,11-13H2,1-2H3,(H2,18,19,21). The number of carbonyl (C=O) groups is 1. The van der Waals surface area contributed by atoms with Crippen molar-refractivity contribution in [2.75, 3.05) is 20.6 Å². The van der Waals surface area contributed by atoms with E-state index in [-0.39, 0.29) is 12.1 Å². The van der Waals surface area contributed by atoms with Gasteiger partial charge in [0, 0.05) is 17.5 Å². The van der Waals surface area contributed by atoms with Crippen molar-refractivity contribution < 1.29 is 4.79 Å². The number of hydrogen-bond acceptors (Lipinski definition) is 3. The first-order valence-electron chi connectivity index (χ1n) is 7.39. The molecular formula is C17H23N3OS. The van der Waals surface area contributed by atoms with Gasteiger partial charge in [0.1, 0.15) is 0 Å². The number of carbonyl (C=O) groups excluding carboxylic acids is 1. The summed E-state index contributed by atoms with van der Waals surface area (Å²) in [5.74, 6) is 0. The summed E-state index contributed by atoms with van der Waals surface area (Å²) in [5.41, 5.74) is 1.23. The predicted octanol–water partition coefficient (Wildman–Crippen LogP) is 2.72. The summed E-state index contributed by atoms with van der Waals surface area (Å²) in [5, 5.41) is 8.00. The van der Waals surface area contributed by atoms with Crippen molar-refractivity contribution in [3.63, 3.8) is 0 Å². The van der Waals surface area contributed by atoms with Crippen molar-refractivity contribution in [3.05, 3.63) is 58.3 Å². The van der Waals surface area contributed by atoms with Crippen molar-refractivity contribution in [1.29, 1.82) is 0 Å². The molecule has 5 heteroatoms. The second-order valence-electron chi connectivity index (χ2n) is 5.56. The van der Waals surface area contributed by atoms with Crippen molar-refractivity contribution in [2.24, 2.45) is 0 Å². The van der Waals surface area contributed by atoms with Gasteiger partial charge >= 0.3 is 6.03 Å². The molecular weight excluding hydrogens is 294 g/mol. The third kappa shape index (κ3) is 5.87. The summed E-state index contributed by atoms with van der Waals surface area (Å²) >= 11 is 1.65. The van der Waals surface area contributed by atoms with Crippen LogP contribution >= 0.6 is 11.3 Å². The van der Waals surface area contributed by atoms with Crippen LogP contribution in [0.1, 0.15) is 10.4 Å². The largest absolute Gasteiger partial charge is 0.334 e. The molecule has 22 heavy (non-hydrogen) atoms. The van der Waals surface area contributed by atoms with Gasteiger partial charge in [-0.05, 0) is 37.5 Å². The van der Waals surface area contributed by atoms with Gasteiger partial charge in [0.25, 0.3) is 0 Å². The van der Waals surface area contributed by atoms with E-state index < -0.39 is 0 Å². The molecule has 0 radical (unpaired) electrons.